The van der Waals surface area contributed by atoms with Gasteiger partial charge in [0.25, 0.3) is 0 Å². The minimum atomic E-state index is 1.22. The normalized spacial score (nSPS) is 16.9. The largest absolute Gasteiger partial charge is 0.227 e. The Kier molecular flexibility index (Phi) is 7.32. The summed E-state index contributed by atoms with van der Waals surface area (Å²) in [4.78, 5) is 0. The SMILES string of the molecule is CCCCCCCCCC1=C(C)P=P[N]1. The molecular weight excluding hydrogens is 220 g/mol. The zero-order chi connectivity index (χ0) is 10.9. The zero-order valence-electron chi connectivity index (χ0n) is 10.00. The van der Waals surface area contributed by atoms with Gasteiger partial charge in [-0.1, -0.05) is 45.4 Å². The molecule has 3 heteroatoms. The highest BCUT2D eigenvalue weighted by Crippen LogP contribution is 2.36. The first-order valence-electron chi connectivity index (χ1n) is 6.16. The molecule has 1 rings (SSSR count). The van der Waals surface area contributed by atoms with Crippen molar-refractivity contribution in [1.29, 1.82) is 0 Å². The Balaban J connectivity index is 1.91. The lowest BCUT2D eigenvalue weighted by molar-refractivity contribution is 0.586. The summed E-state index contributed by atoms with van der Waals surface area (Å²) in [5, 5.41) is 6.01. The average Bonchev–Trinajstić information content (AvgIpc) is 2.63. The molecule has 15 heavy (non-hydrogen) atoms. The Morgan fingerprint density at radius 1 is 1.00 bits per heavy atom. The van der Waals surface area contributed by atoms with E-state index in [0.29, 0.717) is 0 Å². The number of hydrogen-bond acceptors (Lipinski definition) is 0. The van der Waals surface area contributed by atoms with Gasteiger partial charge in [0.15, 0.2) is 0 Å². The van der Waals surface area contributed by atoms with E-state index in [1.54, 1.807) is 0 Å². The first-order chi connectivity index (χ1) is 7.34. The molecule has 1 aliphatic heterocycles. The molecule has 1 nitrogen and oxygen atoms in total. The van der Waals surface area contributed by atoms with Crippen molar-refractivity contribution in [2.45, 2.75) is 65.2 Å². The summed E-state index contributed by atoms with van der Waals surface area (Å²) in [7, 11) is 2.66. The first kappa shape index (κ1) is 13.2. The maximum atomic E-state index is 4.50. The lowest BCUT2D eigenvalue weighted by atomic mass is 10.1. The fourth-order valence-electron chi connectivity index (χ4n) is 1.75. The van der Waals surface area contributed by atoms with Crippen LogP contribution in [-0.4, -0.2) is 0 Å². The molecular formula is C12H22NP2. The second-order valence-corrected chi connectivity index (χ2v) is 6.58. The Labute approximate surface area is 97.6 Å². The lowest BCUT2D eigenvalue weighted by Crippen LogP contribution is -1.91. The molecule has 0 spiro atoms. The number of hydrogen-bond donors (Lipinski definition) is 0. The monoisotopic (exact) mass is 242 g/mol. The standard InChI is InChI=1S/C12H22NP2/c1-3-4-5-6-7-8-9-10-12-11(2)14-15-13-12/h3-10H2,1-2H3. The number of unbranched alkanes of at least 4 members (excludes halogenated alkanes) is 6. The van der Waals surface area contributed by atoms with Crippen LogP contribution in [0.1, 0.15) is 65.2 Å². The number of allylic oxidation sites excluding steroid dienone is 2. The summed E-state index contributed by atoms with van der Waals surface area (Å²) in [6.07, 6.45) is 11.0. The zero-order valence-corrected chi connectivity index (χ0v) is 11.8. The maximum Gasteiger partial charge on any atom is 0.0699 e. The minimum absolute atomic E-state index is 1.22. The van der Waals surface area contributed by atoms with E-state index in [-0.39, 0.29) is 0 Å². The Morgan fingerprint density at radius 3 is 2.27 bits per heavy atom. The molecule has 0 fully saturated rings. The molecule has 0 aromatic carbocycles. The Morgan fingerprint density at radius 2 is 1.67 bits per heavy atom. The molecule has 1 aliphatic rings. The van der Waals surface area contributed by atoms with E-state index in [1.165, 1.54) is 78.3 Å². The van der Waals surface area contributed by atoms with Gasteiger partial charge in [-0.2, -0.15) is 0 Å². The van der Waals surface area contributed by atoms with Crippen LogP contribution in [0.5, 0.6) is 0 Å². The van der Waals surface area contributed by atoms with Crippen LogP contribution in [0, 0.1) is 0 Å². The van der Waals surface area contributed by atoms with Gasteiger partial charge in [0.1, 0.15) is 0 Å². The van der Waals surface area contributed by atoms with Crippen molar-refractivity contribution in [2.24, 2.45) is 0 Å². The van der Waals surface area contributed by atoms with E-state index in [9.17, 15) is 0 Å². The van der Waals surface area contributed by atoms with Crippen molar-refractivity contribution in [3.05, 3.63) is 11.0 Å². The van der Waals surface area contributed by atoms with Crippen molar-refractivity contribution in [3.63, 3.8) is 0 Å². The van der Waals surface area contributed by atoms with E-state index in [1.807, 2.05) is 0 Å². The third kappa shape index (κ3) is 5.69. The maximum absolute atomic E-state index is 4.50. The van der Waals surface area contributed by atoms with Gasteiger partial charge >= 0.3 is 0 Å². The average molecular weight is 242 g/mol. The van der Waals surface area contributed by atoms with Gasteiger partial charge in [0, 0.05) is 5.31 Å². The quantitative estimate of drug-likeness (QED) is 0.383. The van der Waals surface area contributed by atoms with E-state index in [2.05, 4.69) is 18.9 Å². The fourth-order valence-corrected chi connectivity index (χ4v) is 3.85. The number of nitrogens with zero attached hydrogens (tertiary/aromatic N) is 1. The van der Waals surface area contributed by atoms with Crippen LogP contribution in [0.15, 0.2) is 11.0 Å². The molecule has 1 heterocycles. The second-order valence-electron chi connectivity index (χ2n) is 4.19. The van der Waals surface area contributed by atoms with E-state index in [0.717, 1.165) is 0 Å². The van der Waals surface area contributed by atoms with Crippen LogP contribution in [0.25, 0.3) is 0 Å². The third-order valence-electron chi connectivity index (χ3n) is 2.79. The topological polar surface area (TPSA) is 14.1 Å². The van der Waals surface area contributed by atoms with E-state index >= 15 is 0 Å². The van der Waals surface area contributed by atoms with Gasteiger partial charge in [-0.25, -0.2) is 5.09 Å². The third-order valence-corrected chi connectivity index (χ3v) is 5.21. The van der Waals surface area contributed by atoms with Crippen molar-refractivity contribution < 1.29 is 0 Å². The van der Waals surface area contributed by atoms with Crippen LogP contribution in [-0.2, 0) is 0 Å². The molecule has 85 valence electrons. The van der Waals surface area contributed by atoms with E-state index in [4.69, 9.17) is 0 Å². The molecule has 0 saturated heterocycles. The molecule has 0 aliphatic carbocycles. The molecule has 0 aromatic heterocycles. The summed E-state index contributed by atoms with van der Waals surface area (Å²) >= 11 is 0. The van der Waals surface area contributed by atoms with Crippen molar-refractivity contribution in [1.82, 2.24) is 5.09 Å². The fraction of sp³-hybridized carbons (Fsp3) is 0.833. The predicted molar refractivity (Wildman–Crippen MR) is 71.3 cm³/mol. The summed E-state index contributed by atoms with van der Waals surface area (Å²) < 4.78 is 0. The van der Waals surface area contributed by atoms with Gasteiger partial charge in [0.05, 0.1) is 13.7 Å². The summed E-state index contributed by atoms with van der Waals surface area (Å²) in [5.74, 6) is 0. The lowest BCUT2D eigenvalue weighted by Gasteiger charge is -2.02. The highest BCUT2D eigenvalue weighted by Gasteiger charge is 2.06. The van der Waals surface area contributed by atoms with Gasteiger partial charge in [-0.15, -0.1) is 0 Å². The van der Waals surface area contributed by atoms with Gasteiger partial charge in [-0.3, -0.25) is 0 Å². The second kappa shape index (κ2) is 8.31. The van der Waals surface area contributed by atoms with Crippen molar-refractivity contribution in [3.8, 4) is 0 Å². The highest BCUT2D eigenvalue weighted by atomic mass is 31.7. The van der Waals surface area contributed by atoms with Crippen LogP contribution in [0.3, 0.4) is 0 Å². The summed E-state index contributed by atoms with van der Waals surface area (Å²) in [5.41, 5.74) is 1.40. The first-order valence-corrected chi connectivity index (χ1v) is 8.61. The molecule has 0 amide bonds. The molecule has 0 atom stereocenters. The van der Waals surface area contributed by atoms with Gasteiger partial charge in [-0.05, 0) is 27.6 Å². The Bertz CT molecular complexity index is 234. The van der Waals surface area contributed by atoms with Gasteiger partial charge in [0.2, 0.25) is 0 Å². The van der Waals surface area contributed by atoms with Crippen molar-refractivity contribution >= 4 is 15.9 Å². The van der Waals surface area contributed by atoms with E-state index < -0.39 is 0 Å². The molecule has 0 bridgehead atoms. The van der Waals surface area contributed by atoms with Crippen molar-refractivity contribution in [2.75, 3.05) is 0 Å². The van der Waals surface area contributed by atoms with Crippen LogP contribution in [0.4, 0.5) is 0 Å². The summed E-state index contributed by atoms with van der Waals surface area (Å²) in [6, 6.07) is 0. The van der Waals surface area contributed by atoms with Gasteiger partial charge < -0.3 is 0 Å². The predicted octanol–water partition coefficient (Wildman–Crippen LogP) is 5.70. The highest BCUT2D eigenvalue weighted by molar-refractivity contribution is 7.85. The van der Waals surface area contributed by atoms with Crippen LogP contribution >= 0.6 is 15.9 Å². The van der Waals surface area contributed by atoms with Crippen LogP contribution in [0.2, 0.25) is 0 Å². The molecule has 0 N–H and O–H groups in total. The molecule has 0 saturated carbocycles. The molecule has 1 radical (unpaired) electrons. The summed E-state index contributed by atoms with van der Waals surface area (Å²) in [6.45, 7) is 4.50. The Hall–Kier alpha value is 0.140. The smallest absolute Gasteiger partial charge is 0.0699 e. The minimum Gasteiger partial charge on any atom is -0.227 e. The number of rotatable bonds is 8. The molecule has 0 aromatic rings. The van der Waals surface area contributed by atoms with Crippen LogP contribution < -0.4 is 5.09 Å². The molecule has 0 unspecified atom stereocenters.